The molecule has 0 aromatic heterocycles. The van der Waals surface area contributed by atoms with Gasteiger partial charge >= 0.3 is 6.09 Å². The van der Waals surface area contributed by atoms with Crippen LogP contribution in [0.3, 0.4) is 0 Å². The molecular weight excluding hydrogens is 538 g/mol. The lowest BCUT2D eigenvalue weighted by atomic mass is 9.97. The first kappa shape index (κ1) is 28.9. The van der Waals surface area contributed by atoms with Gasteiger partial charge in [0.2, 0.25) is 10.0 Å². The van der Waals surface area contributed by atoms with Crippen LogP contribution >= 0.6 is 17.0 Å². The third-order valence-corrected chi connectivity index (χ3v) is 6.43. The Balaban J connectivity index is 0.00000432. The predicted octanol–water partition coefficient (Wildman–Crippen LogP) is 4.24. The number of para-hydroxylation sites is 1. The molecule has 194 valence electrons. The van der Waals surface area contributed by atoms with E-state index in [2.05, 4.69) is 10.0 Å². The van der Waals surface area contributed by atoms with Crippen molar-refractivity contribution in [2.45, 2.75) is 51.4 Å². The number of ether oxygens (including phenoxy) is 1. The molecule has 0 spiro atoms. The number of rotatable bonds is 10. The number of β-amino-alcohol motifs (C(OH)–C–C–N with tert-alkyl or cyclic N) is 1. The van der Waals surface area contributed by atoms with E-state index in [4.69, 9.17) is 4.74 Å². The molecule has 11 heteroatoms. The molecule has 1 aliphatic heterocycles. The number of halogens is 1. The van der Waals surface area contributed by atoms with Gasteiger partial charge in [-0.3, -0.25) is 9.62 Å². The number of fused-ring (bicyclic) bond motifs is 1. The zero-order valence-corrected chi connectivity index (χ0v) is 22.8. The summed E-state index contributed by atoms with van der Waals surface area (Å²) in [6.07, 6.45) is 0.741. The number of benzene rings is 2. The maximum Gasteiger partial charge on any atom is 0.414 e. The molecule has 0 bridgehead atoms. The average Bonchev–Trinajstić information content (AvgIpc) is 2.77. The SMILES string of the molecule is Br.CCC1OC(=O)N(CCC(C)(C)NCC(O)c2ccc(O)c(NS(C)(=O)=O)c2)c2ccccc21. The van der Waals surface area contributed by atoms with Crippen LogP contribution in [0.1, 0.15) is 56.9 Å². The van der Waals surface area contributed by atoms with Gasteiger partial charge in [0.25, 0.3) is 0 Å². The van der Waals surface area contributed by atoms with Crippen molar-refractivity contribution in [1.29, 1.82) is 0 Å². The number of carbonyl (C=O) groups is 1. The Labute approximate surface area is 217 Å². The molecule has 1 aliphatic rings. The number of aliphatic hydroxyl groups excluding tert-OH is 1. The van der Waals surface area contributed by atoms with Crippen molar-refractivity contribution >= 4 is 44.5 Å². The highest BCUT2D eigenvalue weighted by molar-refractivity contribution is 8.93. The number of aliphatic hydroxyl groups is 1. The first-order chi connectivity index (χ1) is 15.9. The van der Waals surface area contributed by atoms with E-state index in [9.17, 15) is 23.4 Å². The van der Waals surface area contributed by atoms with Gasteiger partial charge in [0.05, 0.1) is 23.7 Å². The van der Waals surface area contributed by atoms with Crippen LogP contribution in [0.15, 0.2) is 42.5 Å². The molecule has 0 saturated heterocycles. The summed E-state index contributed by atoms with van der Waals surface area (Å²) in [7, 11) is -3.58. The monoisotopic (exact) mass is 571 g/mol. The molecule has 2 aromatic rings. The van der Waals surface area contributed by atoms with E-state index in [0.29, 0.717) is 24.9 Å². The lowest BCUT2D eigenvalue weighted by molar-refractivity contribution is 0.0946. The first-order valence-electron chi connectivity index (χ1n) is 11.2. The lowest BCUT2D eigenvalue weighted by Gasteiger charge is -2.36. The number of carbonyl (C=O) groups excluding carboxylic acids is 1. The van der Waals surface area contributed by atoms with Crippen LogP contribution in [0.2, 0.25) is 0 Å². The smallest absolute Gasteiger partial charge is 0.414 e. The lowest BCUT2D eigenvalue weighted by Crippen LogP contribution is -2.46. The Morgan fingerprint density at radius 2 is 1.89 bits per heavy atom. The molecule has 2 aromatic carbocycles. The third kappa shape index (κ3) is 7.57. The largest absolute Gasteiger partial charge is 0.506 e. The molecule has 0 saturated carbocycles. The Morgan fingerprint density at radius 3 is 2.54 bits per heavy atom. The fourth-order valence-electron chi connectivity index (χ4n) is 3.88. The summed E-state index contributed by atoms with van der Waals surface area (Å²) in [5.74, 6) is -0.228. The van der Waals surface area contributed by atoms with Gasteiger partial charge in [-0.05, 0) is 50.5 Å². The summed E-state index contributed by atoms with van der Waals surface area (Å²) >= 11 is 0. The summed E-state index contributed by atoms with van der Waals surface area (Å²) in [6, 6.07) is 12.0. The van der Waals surface area contributed by atoms with E-state index in [1.165, 1.54) is 18.2 Å². The number of nitrogens with zero attached hydrogens (tertiary/aromatic N) is 1. The van der Waals surface area contributed by atoms with Crippen LogP contribution in [-0.4, -0.2) is 49.6 Å². The number of hydrogen-bond donors (Lipinski definition) is 4. The molecule has 35 heavy (non-hydrogen) atoms. The fraction of sp³-hybridized carbons (Fsp3) is 0.458. The van der Waals surface area contributed by atoms with Crippen LogP contribution < -0.4 is 14.9 Å². The second kappa shape index (κ2) is 11.6. The van der Waals surface area contributed by atoms with Crippen LogP contribution in [0.5, 0.6) is 5.75 Å². The zero-order valence-electron chi connectivity index (χ0n) is 20.3. The number of sulfonamides is 1. The minimum absolute atomic E-state index is 0. The molecule has 3 rings (SSSR count). The average molecular weight is 573 g/mol. The Morgan fingerprint density at radius 1 is 1.20 bits per heavy atom. The Bertz CT molecular complexity index is 1140. The molecule has 0 fully saturated rings. The number of hydrogen-bond acceptors (Lipinski definition) is 7. The second-order valence-electron chi connectivity index (χ2n) is 9.17. The zero-order chi connectivity index (χ0) is 25.1. The minimum Gasteiger partial charge on any atom is -0.506 e. The van der Waals surface area contributed by atoms with E-state index in [1.54, 1.807) is 4.90 Å². The van der Waals surface area contributed by atoms with E-state index in [-0.39, 0.29) is 47.2 Å². The van der Waals surface area contributed by atoms with Gasteiger partial charge < -0.3 is 20.3 Å². The van der Waals surface area contributed by atoms with Crippen molar-refractivity contribution in [2.75, 3.05) is 29.0 Å². The number of phenols is 1. The summed E-state index contributed by atoms with van der Waals surface area (Å²) < 4.78 is 30.8. The summed E-state index contributed by atoms with van der Waals surface area (Å²) in [6.45, 7) is 6.56. The van der Waals surface area contributed by atoms with Gasteiger partial charge in [-0.15, -0.1) is 17.0 Å². The van der Waals surface area contributed by atoms with Crippen molar-refractivity contribution < 1.29 is 28.2 Å². The Kier molecular flexibility index (Phi) is 9.57. The Hall–Kier alpha value is -2.34. The van der Waals surface area contributed by atoms with E-state index in [0.717, 1.165) is 17.5 Å². The molecule has 1 heterocycles. The number of phenolic OH excluding ortho intramolecular Hbond substituents is 1. The highest BCUT2D eigenvalue weighted by Crippen LogP contribution is 2.36. The van der Waals surface area contributed by atoms with Crippen molar-refractivity contribution in [3.05, 3.63) is 53.6 Å². The molecule has 2 atom stereocenters. The summed E-state index contributed by atoms with van der Waals surface area (Å²) in [5.41, 5.74) is 1.88. The van der Waals surface area contributed by atoms with Crippen LogP contribution in [-0.2, 0) is 14.8 Å². The molecule has 1 amide bonds. The van der Waals surface area contributed by atoms with E-state index >= 15 is 0 Å². The molecule has 9 nitrogen and oxygen atoms in total. The maximum atomic E-state index is 12.6. The standard InChI is InChI=1S/C24H33N3O6S.BrH/c1-5-22-17-8-6-7-9-19(17)27(23(30)33-22)13-12-24(2,3)25-15-21(29)16-10-11-20(28)18(14-16)26-34(4,31)32;/h6-11,14,21-22,25-26,28-29H,5,12-13,15H2,1-4H3;1H. The normalized spacial score (nSPS) is 16.7. The van der Waals surface area contributed by atoms with Crippen molar-refractivity contribution in [3.8, 4) is 5.75 Å². The van der Waals surface area contributed by atoms with Gasteiger partial charge in [-0.1, -0.05) is 31.2 Å². The highest BCUT2D eigenvalue weighted by atomic mass is 79.9. The summed E-state index contributed by atoms with van der Waals surface area (Å²) in [4.78, 5) is 14.3. The van der Waals surface area contributed by atoms with E-state index in [1.807, 2.05) is 45.0 Å². The number of amides is 1. The van der Waals surface area contributed by atoms with Crippen molar-refractivity contribution in [3.63, 3.8) is 0 Å². The molecule has 0 aliphatic carbocycles. The minimum atomic E-state index is -3.58. The molecule has 4 N–H and O–H groups in total. The topological polar surface area (TPSA) is 128 Å². The molecule has 2 unspecified atom stereocenters. The highest BCUT2D eigenvalue weighted by Gasteiger charge is 2.32. The van der Waals surface area contributed by atoms with Gasteiger partial charge in [0.1, 0.15) is 11.9 Å². The number of nitrogens with one attached hydrogen (secondary N) is 2. The third-order valence-electron chi connectivity index (χ3n) is 5.84. The predicted molar refractivity (Wildman–Crippen MR) is 142 cm³/mol. The number of aromatic hydroxyl groups is 1. The van der Waals surface area contributed by atoms with Gasteiger partial charge in [0, 0.05) is 24.2 Å². The van der Waals surface area contributed by atoms with Crippen LogP contribution in [0, 0.1) is 0 Å². The van der Waals surface area contributed by atoms with Crippen LogP contribution in [0.25, 0.3) is 0 Å². The van der Waals surface area contributed by atoms with Crippen LogP contribution in [0.4, 0.5) is 16.2 Å². The van der Waals surface area contributed by atoms with Crippen molar-refractivity contribution in [2.24, 2.45) is 0 Å². The fourth-order valence-corrected chi connectivity index (χ4v) is 4.44. The number of anilines is 2. The molecular formula is C24H34BrN3O6S. The van der Waals surface area contributed by atoms with Gasteiger partial charge in [-0.25, -0.2) is 13.2 Å². The summed E-state index contributed by atoms with van der Waals surface area (Å²) in [5, 5.41) is 23.8. The molecule has 0 radical (unpaired) electrons. The quantitative estimate of drug-likeness (QED) is 0.314. The van der Waals surface area contributed by atoms with Gasteiger partial charge in [0.15, 0.2) is 0 Å². The second-order valence-corrected chi connectivity index (χ2v) is 10.9. The number of cyclic esters (lactones) is 1. The first-order valence-corrected chi connectivity index (χ1v) is 13.1. The van der Waals surface area contributed by atoms with Crippen molar-refractivity contribution in [1.82, 2.24) is 5.32 Å². The van der Waals surface area contributed by atoms with E-state index < -0.39 is 21.7 Å². The maximum absolute atomic E-state index is 12.6. The van der Waals surface area contributed by atoms with Gasteiger partial charge in [-0.2, -0.15) is 0 Å².